The van der Waals surface area contributed by atoms with Crippen LogP contribution < -0.4 is 5.32 Å². The molecule has 1 saturated heterocycles. The summed E-state index contributed by atoms with van der Waals surface area (Å²) in [7, 11) is 1.70. The summed E-state index contributed by atoms with van der Waals surface area (Å²) in [6.45, 7) is 0.566. The van der Waals surface area contributed by atoms with Crippen LogP contribution in [-0.4, -0.2) is 49.7 Å². The van der Waals surface area contributed by atoms with Gasteiger partial charge >= 0.3 is 0 Å². The monoisotopic (exact) mass is 222 g/mol. The van der Waals surface area contributed by atoms with E-state index >= 15 is 0 Å². The molecule has 1 saturated carbocycles. The highest BCUT2D eigenvalue weighted by atomic mass is 19.3. The fourth-order valence-corrected chi connectivity index (χ4v) is 2.30. The predicted octanol–water partition coefficient (Wildman–Crippen LogP) is 1.27. The van der Waals surface area contributed by atoms with E-state index in [2.05, 4.69) is 5.32 Å². The third-order valence-electron chi connectivity index (χ3n) is 3.34. The molecule has 2 aliphatic rings. The Hall–Kier alpha value is -0.290. The number of likely N-dealkylation sites (tertiary alicyclic amines) is 1. The van der Waals surface area contributed by atoms with Gasteiger partial charge in [0.15, 0.2) is 0 Å². The zero-order valence-electron chi connectivity index (χ0n) is 8.85. The average Bonchev–Trinajstić information content (AvgIpc) is 2.31. The van der Waals surface area contributed by atoms with Crippen LogP contribution in [0.5, 0.6) is 0 Å². The maximum Gasteiger partial charge on any atom is 0.265 e. The van der Waals surface area contributed by atoms with E-state index in [0.29, 0.717) is 25.9 Å². The Kier molecular flexibility index (Phi) is 2.94. The SMILES string of the molecule is CN1CC(CNC2CC(F)C2)C(F)(F)C1. The molecule has 1 unspecified atom stereocenters. The van der Waals surface area contributed by atoms with Crippen LogP contribution in [0.1, 0.15) is 12.8 Å². The molecule has 1 aliphatic heterocycles. The van der Waals surface area contributed by atoms with Gasteiger partial charge in [-0.3, -0.25) is 0 Å². The molecule has 1 aliphatic carbocycles. The number of nitrogens with one attached hydrogen (secondary N) is 1. The minimum absolute atomic E-state index is 0.113. The molecule has 0 aromatic carbocycles. The van der Waals surface area contributed by atoms with Crippen LogP contribution in [0.3, 0.4) is 0 Å². The quantitative estimate of drug-likeness (QED) is 0.773. The number of hydrogen-bond donors (Lipinski definition) is 1. The van der Waals surface area contributed by atoms with Gasteiger partial charge in [0.05, 0.1) is 6.54 Å². The van der Waals surface area contributed by atoms with Crippen molar-refractivity contribution in [3.8, 4) is 0 Å². The summed E-state index contributed by atoms with van der Waals surface area (Å²) in [4.78, 5) is 1.64. The molecule has 0 aromatic heterocycles. The molecule has 88 valence electrons. The van der Waals surface area contributed by atoms with Gasteiger partial charge in [0, 0.05) is 25.0 Å². The first kappa shape index (κ1) is 11.2. The highest BCUT2D eigenvalue weighted by Crippen LogP contribution is 2.32. The fraction of sp³-hybridized carbons (Fsp3) is 1.00. The highest BCUT2D eigenvalue weighted by molar-refractivity contribution is 4.92. The van der Waals surface area contributed by atoms with Crippen molar-refractivity contribution in [3.63, 3.8) is 0 Å². The molecule has 0 radical (unpaired) electrons. The second kappa shape index (κ2) is 3.94. The summed E-state index contributed by atoms with van der Waals surface area (Å²) in [6.07, 6.45) is 0.233. The van der Waals surface area contributed by atoms with Gasteiger partial charge < -0.3 is 10.2 Å². The van der Waals surface area contributed by atoms with Gasteiger partial charge in [0.2, 0.25) is 0 Å². The van der Waals surface area contributed by atoms with E-state index in [1.807, 2.05) is 0 Å². The van der Waals surface area contributed by atoms with Gasteiger partial charge in [0.1, 0.15) is 6.17 Å². The Labute approximate surface area is 87.8 Å². The average molecular weight is 222 g/mol. The van der Waals surface area contributed by atoms with E-state index in [1.165, 1.54) is 0 Å². The van der Waals surface area contributed by atoms with Crippen molar-refractivity contribution in [3.05, 3.63) is 0 Å². The van der Waals surface area contributed by atoms with Crippen LogP contribution in [0.2, 0.25) is 0 Å². The van der Waals surface area contributed by atoms with Gasteiger partial charge in [-0.1, -0.05) is 0 Å². The molecule has 15 heavy (non-hydrogen) atoms. The summed E-state index contributed by atoms with van der Waals surface area (Å²) in [6, 6.07) is 0.113. The van der Waals surface area contributed by atoms with Crippen LogP contribution in [0.15, 0.2) is 0 Å². The van der Waals surface area contributed by atoms with E-state index in [9.17, 15) is 13.2 Å². The third-order valence-corrected chi connectivity index (χ3v) is 3.34. The lowest BCUT2D eigenvalue weighted by molar-refractivity contribution is -0.0273. The molecule has 0 aromatic rings. The van der Waals surface area contributed by atoms with Gasteiger partial charge in [-0.2, -0.15) is 0 Å². The third kappa shape index (κ3) is 2.45. The topological polar surface area (TPSA) is 15.3 Å². The molecule has 0 amide bonds. The first-order chi connectivity index (χ1) is 6.97. The van der Waals surface area contributed by atoms with Crippen molar-refractivity contribution in [1.29, 1.82) is 0 Å². The standard InChI is InChI=1S/C10H17F3N2/c1-15-5-7(10(12,13)6-15)4-14-9-2-8(11)3-9/h7-9,14H,2-6H2,1H3. The molecule has 0 spiro atoms. The summed E-state index contributed by atoms with van der Waals surface area (Å²) in [5.41, 5.74) is 0. The van der Waals surface area contributed by atoms with Crippen LogP contribution in [-0.2, 0) is 0 Å². The predicted molar refractivity (Wildman–Crippen MR) is 51.9 cm³/mol. The van der Waals surface area contributed by atoms with Gasteiger partial charge in [-0.05, 0) is 19.9 Å². The number of hydrogen-bond acceptors (Lipinski definition) is 2. The molecule has 2 rings (SSSR count). The Morgan fingerprint density at radius 3 is 2.53 bits per heavy atom. The minimum Gasteiger partial charge on any atom is -0.313 e. The van der Waals surface area contributed by atoms with E-state index in [4.69, 9.17) is 0 Å². The Balaban J connectivity index is 1.75. The lowest BCUT2D eigenvalue weighted by Gasteiger charge is -2.32. The lowest BCUT2D eigenvalue weighted by Crippen LogP contribution is -2.46. The minimum atomic E-state index is -2.60. The molecule has 2 nitrogen and oxygen atoms in total. The molecule has 2 fully saturated rings. The van der Waals surface area contributed by atoms with Crippen molar-refractivity contribution in [1.82, 2.24) is 10.2 Å². The zero-order chi connectivity index (χ0) is 11.1. The van der Waals surface area contributed by atoms with Crippen LogP contribution in [0, 0.1) is 5.92 Å². The summed E-state index contributed by atoms with van der Waals surface area (Å²) < 4.78 is 39.2. The fourth-order valence-electron chi connectivity index (χ4n) is 2.30. The van der Waals surface area contributed by atoms with Gasteiger partial charge in [-0.25, -0.2) is 13.2 Å². The number of halogens is 3. The first-order valence-electron chi connectivity index (χ1n) is 5.41. The first-order valence-corrected chi connectivity index (χ1v) is 5.41. The van der Waals surface area contributed by atoms with E-state index in [1.54, 1.807) is 11.9 Å². The van der Waals surface area contributed by atoms with Crippen LogP contribution in [0.4, 0.5) is 13.2 Å². The van der Waals surface area contributed by atoms with E-state index < -0.39 is 18.0 Å². The van der Waals surface area contributed by atoms with Crippen molar-refractivity contribution < 1.29 is 13.2 Å². The van der Waals surface area contributed by atoms with Crippen molar-refractivity contribution in [2.24, 2.45) is 5.92 Å². The van der Waals surface area contributed by atoms with Gasteiger partial charge in [-0.15, -0.1) is 0 Å². The number of nitrogens with zero attached hydrogens (tertiary/aromatic N) is 1. The number of rotatable bonds is 3. The molecule has 1 N–H and O–H groups in total. The normalized spacial score (nSPS) is 40.4. The zero-order valence-corrected chi connectivity index (χ0v) is 8.85. The summed E-state index contributed by atoms with van der Waals surface area (Å²) >= 11 is 0. The summed E-state index contributed by atoms with van der Waals surface area (Å²) in [5.74, 6) is -3.22. The molecular weight excluding hydrogens is 205 g/mol. The lowest BCUT2D eigenvalue weighted by atomic mass is 9.90. The molecule has 5 heteroatoms. The van der Waals surface area contributed by atoms with Crippen LogP contribution >= 0.6 is 0 Å². The summed E-state index contributed by atoms with van der Waals surface area (Å²) in [5, 5.41) is 3.02. The second-order valence-corrected chi connectivity index (χ2v) is 4.83. The van der Waals surface area contributed by atoms with Crippen LogP contribution in [0.25, 0.3) is 0 Å². The highest BCUT2D eigenvalue weighted by Gasteiger charge is 2.46. The van der Waals surface area contributed by atoms with Crippen molar-refractivity contribution in [2.45, 2.75) is 31.0 Å². The molecular formula is C10H17F3N2. The van der Waals surface area contributed by atoms with Crippen molar-refractivity contribution >= 4 is 0 Å². The second-order valence-electron chi connectivity index (χ2n) is 4.83. The molecule has 0 bridgehead atoms. The van der Waals surface area contributed by atoms with Gasteiger partial charge in [0.25, 0.3) is 5.92 Å². The largest absolute Gasteiger partial charge is 0.313 e. The molecule has 1 atom stereocenters. The Morgan fingerprint density at radius 1 is 1.40 bits per heavy atom. The van der Waals surface area contributed by atoms with Crippen molar-refractivity contribution in [2.75, 3.05) is 26.7 Å². The van der Waals surface area contributed by atoms with E-state index in [0.717, 1.165) is 0 Å². The van der Waals surface area contributed by atoms with E-state index in [-0.39, 0.29) is 12.6 Å². The molecule has 1 heterocycles. The maximum absolute atomic E-state index is 13.4. The number of alkyl halides is 3. The Bertz CT molecular complexity index is 229. The Morgan fingerprint density at radius 2 is 2.07 bits per heavy atom. The maximum atomic E-state index is 13.4. The smallest absolute Gasteiger partial charge is 0.265 e.